The van der Waals surface area contributed by atoms with Gasteiger partial charge in [-0.05, 0) is 68.0 Å². The van der Waals surface area contributed by atoms with Gasteiger partial charge in [-0.3, -0.25) is 14.4 Å². The quantitative estimate of drug-likeness (QED) is 0.294. The summed E-state index contributed by atoms with van der Waals surface area (Å²) >= 11 is 7.06. The maximum Gasteiger partial charge on any atom is 0.263 e. The number of allylic oxidation sites excluding steroid dienone is 1. The lowest BCUT2D eigenvalue weighted by Crippen LogP contribution is -2.24. The van der Waals surface area contributed by atoms with Crippen LogP contribution in [0, 0.1) is 5.82 Å². The van der Waals surface area contributed by atoms with Gasteiger partial charge in [0.25, 0.3) is 5.56 Å². The van der Waals surface area contributed by atoms with E-state index in [9.17, 15) is 9.90 Å². The zero-order chi connectivity index (χ0) is 24.9. The van der Waals surface area contributed by atoms with Crippen molar-refractivity contribution in [3.05, 3.63) is 62.8 Å². The van der Waals surface area contributed by atoms with E-state index in [1.54, 1.807) is 24.1 Å². The second kappa shape index (κ2) is 9.09. The van der Waals surface area contributed by atoms with E-state index in [0.29, 0.717) is 16.6 Å². The first kappa shape index (κ1) is 23.5. The predicted octanol–water partition coefficient (Wildman–Crippen LogP) is 6.66. The van der Waals surface area contributed by atoms with Crippen molar-refractivity contribution in [1.82, 2.24) is 9.55 Å². The number of aromatic nitrogens is 2. The van der Waals surface area contributed by atoms with Crippen molar-refractivity contribution in [2.75, 3.05) is 7.11 Å². The van der Waals surface area contributed by atoms with Crippen LogP contribution in [-0.2, 0) is 6.54 Å². The summed E-state index contributed by atoms with van der Waals surface area (Å²) in [4.78, 5) is 23.3. The standard InChI is InChI=1S/C26H23ClFN3O3S/c1-4-29-11-13(2)12-31-24(16-8-7-15(34-3)9-17(16)14-5-6-14)30-25-21(26(31)33)20-19(28)10-18(27)22(32)23(20)35-25/h4,7-11,14,32H,5-6,12H2,1-3H3/b13-11+,29-4?. The monoisotopic (exact) mass is 511 g/mol. The second-order valence-corrected chi connectivity index (χ2v) is 10.0. The summed E-state index contributed by atoms with van der Waals surface area (Å²) in [5.74, 6) is 0.666. The maximum atomic E-state index is 15.0. The molecule has 180 valence electrons. The van der Waals surface area contributed by atoms with Gasteiger partial charge in [-0.25, -0.2) is 9.37 Å². The van der Waals surface area contributed by atoms with Gasteiger partial charge < -0.3 is 9.84 Å². The minimum atomic E-state index is -0.668. The molecular formula is C26H23ClFN3O3S. The first-order valence-corrected chi connectivity index (χ1v) is 12.4. The van der Waals surface area contributed by atoms with E-state index in [1.807, 2.05) is 32.0 Å². The molecule has 2 heterocycles. The summed E-state index contributed by atoms with van der Waals surface area (Å²) in [6, 6.07) is 6.79. The van der Waals surface area contributed by atoms with Crippen molar-refractivity contribution in [2.45, 2.75) is 39.2 Å². The molecule has 0 aliphatic heterocycles. The van der Waals surface area contributed by atoms with Gasteiger partial charge in [-0.15, -0.1) is 11.3 Å². The molecule has 1 aliphatic rings. The lowest BCUT2D eigenvalue weighted by atomic mass is 10.0. The molecule has 0 saturated heterocycles. The topological polar surface area (TPSA) is 76.7 Å². The lowest BCUT2D eigenvalue weighted by Gasteiger charge is -2.16. The Labute approximate surface area is 210 Å². The number of benzene rings is 2. The molecule has 0 atom stereocenters. The second-order valence-electron chi connectivity index (χ2n) is 8.61. The van der Waals surface area contributed by atoms with Crippen LogP contribution in [0.1, 0.15) is 38.2 Å². The molecule has 0 bridgehead atoms. The van der Waals surface area contributed by atoms with Gasteiger partial charge in [0.05, 0.1) is 28.8 Å². The van der Waals surface area contributed by atoms with E-state index in [1.165, 1.54) is 0 Å². The van der Waals surface area contributed by atoms with Crippen molar-refractivity contribution in [3.8, 4) is 22.9 Å². The van der Waals surface area contributed by atoms with Crippen molar-refractivity contribution in [2.24, 2.45) is 4.99 Å². The molecule has 1 N–H and O–H groups in total. The molecule has 2 aromatic carbocycles. The fraction of sp³-hybridized carbons (Fsp3) is 0.269. The Morgan fingerprint density at radius 3 is 2.83 bits per heavy atom. The van der Waals surface area contributed by atoms with Crippen LogP contribution in [-0.4, -0.2) is 28.0 Å². The Kier molecular flexibility index (Phi) is 6.11. The van der Waals surface area contributed by atoms with Crippen LogP contribution in [0.4, 0.5) is 4.39 Å². The van der Waals surface area contributed by atoms with Crippen molar-refractivity contribution in [1.29, 1.82) is 0 Å². The fourth-order valence-electron chi connectivity index (χ4n) is 4.29. The average molecular weight is 512 g/mol. The molecule has 1 fully saturated rings. The lowest BCUT2D eigenvalue weighted by molar-refractivity contribution is 0.414. The molecule has 35 heavy (non-hydrogen) atoms. The maximum absolute atomic E-state index is 15.0. The highest BCUT2D eigenvalue weighted by Gasteiger charge is 2.29. The van der Waals surface area contributed by atoms with Crippen LogP contribution in [0.15, 0.2) is 45.8 Å². The number of hydrogen-bond acceptors (Lipinski definition) is 6. The molecule has 0 spiro atoms. The molecule has 2 aromatic heterocycles. The van der Waals surface area contributed by atoms with E-state index in [2.05, 4.69) is 4.99 Å². The van der Waals surface area contributed by atoms with Crippen LogP contribution < -0.4 is 10.3 Å². The summed E-state index contributed by atoms with van der Waals surface area (Å²) < 4.78 is 22.2. The number of rotatable bonds is 6. The first-order chi connectivity index (χ1) is 16.8. The number of phenolic OH excluding ortho intramolecular Hbond substituents is 1. The van der Waals surface area contributed by atoms with Gasteiger partial charge in [-0.1, -0.05) is 11.6 Å². The molecule has 5 rings (SSSR count). The SMILES string of the molecule is CC=N/C=C(\C)Cn1c(-c2ccc(OC)cc2C2CC2)nc2sc3c(O)c(Cl)cc(F)c3c2c1=O. The third kappa shape index (κ3) is 4.10. The Hall–Kier alpha value is -3.23. The van der Waals surface area contributed by atoms with Gasteiger partial charge in [-0.2, -0.15) is 0 Å². The minimum Gasteiger partial charge on any atom is -0.505 e. The van der Waals surface area contributed by atoms with Crippen molar-refractivity contribution in [3.63, 3.8) is 0 Å². The zero-order valence-electron chi connectivity index (χ0n) is 19.4. The molecule has 1 saturated carbocycles. The van der Waals surface area contributed by atoms with E-state index in [0.717, 1.165) is 52.7 Å². The van der Waals surface area contributed by atoms with Crippen LogP contribution in [0.25, 0.3) is 31.7 Å². The third-order valence-corrected chi connectivity index (χ3v) is 7.49. The highest BCUT2D eigenvalue weighted by atomic mass is 35.5. The Morgan fingerprint density at radius 2 is 2.14 bits per heavy atom. The Morgan fingerprint density at radius 1 is 1.37 bits per heavy atom. The number of hydrogen-bond donors (Lipinski definition) is 1. The van der Waals surface area contributed by atoms with Crippen molar-refractivity contribution < 1.29 is 14.2 Å². The normalized spacial score (nSPS) is 14.5. The Balaban J connectivity index is 1.86. The molecule has 4 aromatic rings. The molecule has 6 nitrogen and oxygen atoms in total. The Bertz CT molecular complexity index is 1600. The smallest absolute Gasteiger partial charge is 0.263 e. The number of halogens is 2. The van der Waals surface area contributed by atoms with E-state index in [4.69, 9.17) is 21.3 Å². The van der Waals surface area contributed by atoms with Gasteiger partial charge in [0.2, 0.25) is 0 Å². The molecule has 9 heteroatoms. The number of fused-ring (bicyclic) bond motifs is 3. The van der Waals surface area contributed by atoms with E-state index < -0.39 is 5.82 Å². The van der Waals surface area contributed by atoms with E-state index in [-0.39, 0.29) is 38.3 Å². The largest absolute Gasteiger partial charge is 0.505 e. The molecule has 0 unspecified atom stereocenters. The first-order valence-electron chi connectivity index (χ1n) is 11.2. The summed E-state index contributed by atoms with van der Waals surface area (Å²) in [6.45, 7) is 3.91. The molecular weight excluding hydrogens is 489 g/mol. The highest BCUT2D eigenvalue weighted by molar-refractivity contribution is 7.25. The summed E-state index contributed by atoms with van der Waals surface area (Å²) in [7, 11) is 1.62. The average Bonchev–Trinajstić information content (AvgIpc) is 3.62. The summed E-state index contributed by atoms with van der Waals surface area (Å²) in [6.07, 6.45) is 5.46. The van der Waals surface area contributed by atoms with Gasteiger partial charge >= 0.3 is 0 Å². The number of thiophene rings is 1. The molecule has 1 aliphatic carbocycles. The van der Waals surface area contributed by atoms with Gasteiger partial charge in [0.1, 0.15) is 22.2 Å². The number of phenols is 1. The zero-order valence-corrected chi connectivity index (χ0v) is 21.0. The van der Waals surface area contributed by atoms with Crippen LogP contribution in [0.5, 0.6) is 11.5 Å². The van der Waals surface area contributed by atoms with Crippen molar-refractivity contribution >= 4 is 49.5 Å². The number of nitrogens with zero attached hydrogens (tertiary/aromatic N) is 3. The predicted molar refractivity (Wildman–Crippen MR) is 140 cm³/mol. The number of methoxy groups -OCH3 is 1. The van der Waals surface area contributed by atoms with Crippen LogP contribution in [0.3, 0.4) is 0 Å². The summed E-state index contributed by atoms with van der Waals surface area (Å²) in [5.41, 5.74) is 2.35. The van der Waals surface area contributed by atoms with Crippen LogP contribution >= 0.6 is 22.9 Å². The van der Waals surface area contributed by atoms with E-state index >= 15 is 4.39 Å². The van der Waals surface area contributed by atoms with Crippen LogP contribution in [0.2, 0.25) is 5.02 Å². The number of ether oxygens (including phenoxy) is 1. The highest BCUT2D eigenvalue weighted by Crippen LogP contribution is 2.46. The summed E-state index contributed by atoms with van der Waals surface area (Å²) in [5, 5.41) is 10.6. The minimum absolute atomic E-state index is 0.0371. The number of aromatic hydroxyl groups is 1. The molecule has 0 amide bonds. The van der Waals surface area contributed by atoms with Gasteiger partial charge in [0.15, 0.2) is 5.75 Å². The van der Waals surface area contributed by atoms with Gasteiger partial charge in [0, 0.05) is 23.4 Å². The number of aliphatic imine (C=N–C) groups is 1. The fourth-order valence-corrected chi connectivity index (χ4v) is 5.66. The third-order valence-electron chi connectivity index (χ3n) is 6.11. The molecule has 0 radical (unpaired) electrons.